The van der Waals surface area contributed by atoms with Crippen LogP contribution >= 0.6 is 11.3 Å². The normalized spacial score (nSPS) is 15.2. The number of aromatic nitrogens is 3. The molecule has 1 fully saturated rings. The van der Waals surface area contributed by atoms with Gasteiger partial charge < -0.3 is 9.64 Å². The fourth-order valence-corrected chi connectivity index (χ4v) is 4.44. The maximum atomic E-state index is 12.3. The van der Waals surface area contributed by atoms with Crippen molar-refractivity contribution < 1.29 is 9.53 Å². The molecule has 3 heterocycles. The summed E-state index contributed by atoms with van der Waals surface area (Å²) in [6.45, 7) is 7.08. The lowest BCUT2D eigenvalue weighted by atomic mass is 9.98. The van der Waals surface area contributed by atoms with Crippen LogP contribution in [-0.2, 0) is 4.74 Å². The van der Waals surface area contributed by atoms with Gasteiger partial charge in [0.2, 0.25) is 0 Å². The lowest BCUT2D eigenvalue weighted by Crippen LogP contribution is -2.41. The minimum Gasteiger partial charge on any atom is -0.444 e. The van der Waals surface area contributed by atoms with Crippen LogP contribution < -0.4 is 0 Å². The first-order valence-electron chi connectivity index (χ1n) is 10.2. The first kappa shape index (κ1) is 20.5. The molecular weight excluding hydrogens is 396 g/mol. The smallest absolute Gasteiger partial charge is 0.410 e. The van der Waals surface area contributed by atoms with E-state index in [0.717, 1.165) is 34.7 Å². The quantitative estimate of drug-likeness (QED) is 0.567. The lowest BCUT2D eigenvalue weighted by Gasteiger charge is -2.32. The molecule has 0 N–H and O–H groups in total. The Morgan fingerprint density at radius 1 is 1.07 bits per heavy atom. The van der Waals surface area contributed by atoms with Crippen LogP contribution in [0, 0.1) is 0 Å². The molecular formula is C23H26N4O2S. The van der Waals surface area contributed by atoms with Crippen molar-refractivity contribution in [3.63, 3.8) is 0 Å². The van der Waals surface area contributed by atoms with E-state index in [1.807, 2.05) is 63.5 Å². The predicted molar refractivity (Wildman–Crippen MR) is 118 cm³/mol. The van der Waals surface area contributed by atoms with Crippen LogP contribution in [0.25, 0.3) is 22.6 Å². The first-order chi connectivity index (χ1) is 14.4. The highest BCUT2D eigenvalue weighted by molar-refractivity contribution is 7.10. The summed E-state index contributed by atoms with van der Waals surface area (Å²) in [7, 11) is 0. The van der Waals surface area contributed by atoms with Crippen LogP contribution in [0.3, 0.4) is 0 Å². The molecule has 6 nitrogen and oxygen atoms in total. The number of carbonyl (C=O) groups is 1. The number of hydrogen-bond acceptors (Lipinski definition) is 6. The van der Waals surface area contributed by atoms with Crippen molar-refractivity contribution in [2.24, 2.45) is 0 Å². The third-order valence-electron chi connectivity index (χ3n) is 5.00. The van der Waals surface area contributed by atoms with Crippen molar-refractivity contribution in [2.75, 3.05) is 13.1 Å². The Labute approximate surface area is 181 Å². The van der Waals surface area contributed by atoms with E-state index < -0.39 is 5.60 Å². The van der Waals surface area contributed by atoms with E-state index in [0.29, 0.717) is 24.8 Å². The number of carbonyl (C=O) groups excluding carboxylic acids is 1. The molecule has 1 aromatic carbocycles. The second-order valence-electron chi connectivity index (χ2n) is 8.47. The molecule has 2 aromatic heterocycles. The molecule has 7 heteroatoms. The fraction of sp³-hybridized carbons (Fsp3) is 0.391. The maximum absolute atomic E-state index is 12.3. The van der Waals surface area contributed by atoms with Gasteiger partial charge >= 0.3 is 6.09 Å². The number of amides is 1. The van der Waals surface area contributed by atoms with Crippen molar-refractivity contribution in [1.29, 1.82) is 0 Å². The van der Waals surface area contributed by atoms with Crippen molar-refractivity contribution in [2.45, 2.75) is 45.1 Å². The minimum absolute atomic E-state index is 0.226. The largest absolute Gasteiger partial charge is 0.444 e. The molecule has 156 valence electrons. The topological polar surface area (TPSA) is 68.2 Å². The standard InChI is InChI=1S/C23H26N4O2S/c1-23(2,3)29-22(28)27-11-9-17(10-12-27)21-26-19(15-30-21)18-13-24-20(25-14-18)16-7-5-4-6-8-16/h4-8,13-15,17H,9-12H2,1-3H3. The summed E-state index contributed by atoms with van der Waals surface area (Å²) in [6, 6.07) is 9.94. The highest BCUT2D eigenvalue weighted by atomic mass is 32.1. The Morgan fingerprint density at radius 3 is 2.37 bits per heavy atom. The summed E-state index contributed by atoms with van der Waals surface area (Å²) in [5, 5.41) is 3.18. The molecule has 0 atom stereocenters. The van der Waals surface area contributed by atoms with Crippen LogP contribution in [0.15, 0.2) is 48.1 Å². The van der Waals surface area contributed by atoms with E-state index >= 15 is 0 Å². The number of thiazole rings is 1. The third kappa shape index (κ3) is 4.84. The van der Waals surface area contributed by atoms with E-state index in [9.17, 15) is 4.79 Å². The summed E-state index contributed by atoms with van der Waals surface area (Å²) < 4.78 is 5.48. The highest BCUT2D eigenvalue weighted by Gasteiger charge is 2.28. The Hall–Kier alpha value is -2.80. The lowest BCUT2D eigenvalue weighted by molar-refractivity contribution is 0.0205. The van der Waals surface area contributed by atoms with E-state index in [4.69, 9.17) is 9.72 Å². The average molecular weight is 423 g/mol. The zero-order chi connectivity index (χ0) is 21.1. The van der Waals surface area contributed by atoms with Crippen LogP contribution in [0.5, 0.6) is 0 Å². The molecule has 0 unspecified atom stereocenters. The second kappa shape index (κ2) is 8.52. The second-order valence-corrected chi connectivity index (χ2v) is 9.36. The number of piperidine rings is 1. The number of ether oxygens (including phenoxy) is 1. The van der Waals surface area contributed by atoms with Gasteiger partial charge in [-0.15, -0.1) is 11.3 Å². The maximum Gasteiger partial charge on any atom is 0.410 e. The molecule has 4 rings (SSSR count). The zero-order valence-electron chi connectivity index (χ0n) is 17.5. The van der Waals surface area contributed by atoms with Gasteiger partial charge in [0.25, 0.3) is 0 Å². The Balaban J connectivity index is 1.38. The summed E-state index contributed by atoms with van der Waals surface area (Å²) in [5.41, 5.74) is 2.36. The van der Waals surface area contributed by atoms with Gasteiger partial charge in [-0.1, -0.05) is 30.3 Å². The molecule has 0 saturated carbocycles. The number of hydrogen-bond donors (Lipinski definition) is 0. The molecule has 0 spiro atoms. The van der Waals surface area contributed by atoms with Gasteiger partial charge in [-0.2, -0.15) is 0 Å². The Kier molecular flexibility index (Phi) is 5.81. The van der Waals surface area contributed by atoms with E-state index in [2.05, 4.69) is 15.3 Å². The van der Waals surface area contributed by atoms with Gasteiger partial charge in [0.15, 0.2) is 5.82 Å². The summed E-state index contributed by atoms with van der Waals surface area (Å²) >= 11 is 1.67. The molecule has 1 saturated heterocycles. The predicted octanol–water partition coefficient (Wildman–Crippen LogP) is 5.38. The number of nitrogens with zero attached hydrogens (tertiary/aromatic N) is 4. The van der Waals surface area contributed by atoms with Crippen LogP contribution in [0.1, 0.15) is 44.5 Å². The third-order valence-corrected chi connectivity index (χ3v) is 6.00. The molecule has 1 aliphatic rings. The Bertz CT molecular complexity index is 988. The minimum atomic E-state index is -0.462. The van der Waals surface area contributed by atoms with Gasteiger partial charge in [-0.3, -0.25) is 0 Å². The fourth-order valence-electron chi connectivity index (χ4n) is 3.44. The Morgan fingerprint density at radius 2 is 1.73 bits per heavy atom. The van der Waals surface area contributed by atoms with Crippen molar-refractivity contribution in [1.82, 2.24) is 19.9 Å². The summed E-state index contributed by atoms with van der Waals surface area (Å²) in [4.78, 5) is 27.9. The van der Waals surface area contributed by atoms with E-state index in [1.54, 1.807) is 16.2 Å². The molecule has 0 bridgehead atoms. The molecule has 1 aliphatic heterocycles. The summed E-state index contributed by atoms with van der Waals surface area (Å²) in [5.74, 6) is 1.08. The van der Waals surface area contributed by atoms with E-state index in [-0.39, 0.29) is 6.09 Å². The molecule has 0 aliphatic carbocycles. The van der Waals surface area contributed by atoms with Crippen LogP contribution in [0.4, 0.5) is 4.79 Å². The molecule has 1 amide bonds. The molecule has 0 radical (unpaired) electrons. The zero-order valence-corrected chi connectivity index (χ0v) is 18.4. The first-order valence-corrected chi connectivity index (χ1v) is 11.1. The average Bonchev–Trinajstić information content (AvgIpc) is 3.24. The summed E-state index contributed by atoms with van der Waals surface area (Å²) in [6.07, 6.45) is 5.24. The van der Waals surface area contributed by atoms with E-state index in [1.165, 1.54) is 0 Å². The monoisotopic (exact) mass is 422 g/mol. The number of rotatable bonds is 3. The van der Waals surface area contributed by atoms with Crippen LogP contribution in [0.2, 0.25) is 0 Å². The highest BCUT2D eigenvalue weighted by Crippen LogP contribution is 2.33. The van der Waals surface area contributed by atoms with Gasteiger partial charge in [-0.25, -0.2) is 19.7 Å². The van der Waals surface area contributed by atoms with Gasteiger partial charge in [-0.05, 0) is 33.6 Å². The van der Waals surface area contributed by atoms with Crippen molar-refractivity contribution >= 4 is 17.4 Å². The van der Waals surface area contributed by atoms with Gasteiger partial charge in [0, 0.05) is 47.9 Å². The molecule has 3 aromatic rings. The SMILES string of the molecule is CC(C)(C)OC(=O)N1CCC(c2nc(-c3cnc(-c4ccccc4)nc3)cs2)CC1. The number of likely N-dealkylation sites (tertiary alicyclic amines) is 1. The number of benzene rings is 1. The van der Waals surface area contributed by atoms with Gasteiger partial charge in [0.1, 0.15) is 5.60 Å². The molecule has 30 heavy (non-hydrogen) atoms. The van der Waals surface area contributed by atoms with Crippen LogP contribution in [-0.4, -0.2) is 44.6 Å². The van der Waals surface area contributed by atoms with Crippen molar-refractivity contribution in [3.8, 4) is 22.6 Å². The van der Waals surface area contributed by atoms with Gasteiger partial charge in [0.05, 0.1) is 10.7 Å². The van der Waals surface area contributed by atoms with Crippen molar-refractivity contribution in [3.05, 3.63) is 53.1 Å².